The summed E-state index contributed by atoms with van der Waals surface area (Å²) in [5.74, 6) is 0.646. The van der Waals surface area contributed by atoms with Crippen LogP contribution in [0.1, 0.15) is 64.4 Å². The molecule has 0 saturated heterocycles. The summed E-state index contributed by atoms with van der Waals surface area (Å²) in [6.45, 7) is 4.54. The van der Waals surface area contributed by atoms with E-state index in [-0.39, 0.29) is 11.5 Å². The van der Waals surface area contributed by atoms with E-state index < -0.39 is 0 Å². The van der Waals surface area contributed by atoms with Gasteiger partial charge in [-0.3, -0.25) is 0 Å². The maximum Gasteiger partial charge on any atom is 0.0595 e. The molecule has 3 heteroatoms. The molecule has 1 aliphatic carbocycles. The first-order valence-corrected chi connectivity index (χ1v) is 8.92. The molecule has 1 atom stereocenters. The van der Waals surface area contributed by atoms with Crippen molar-refractivity contribution in [2.75, 3.05) is 0 Å². The minimum atomic E-state index is -0.139. The molecule has 0 heterocycles. The number of aliphatic hydroxyl groups excluding tert-OH is 1. The lowest BCUT2D eigenvalue weighted by Crippen LogP contribution is -2.40. The molecule has 2 rings (SSSR count). The highest BCUT2D eigenvalue weighted by molar-refractivity contribution is 6.42. The fraction of sp³-hybridized carbons (Fsp3) is 0.667. The van der Waals surface area contributed by atoms with E-state index in [1.165, 1.54) is 24.8 Å². The van der Waals surface area contributed by atoms with Gasteiger partial charge in [-0.1, -0.05) is 56.0 Å². The quantitative estimate of drug-likeness (QED) is 0.703. The van der Waals surface area contributed by atoms with E-state index >= 15 is 0 Å². The maximum atomic E-state index is 9.92. The summed E-state index contributed by atoms with van der Waals surface area (Å²) in [6, 6.07) is 6.12. The van der Waals surface area contributed by atoms with Crippen LogP contribution in [0.15, 0.2) is 18.2 Å². The van der Waals surface area contributed by atoms with Gasteiger partial charge in [0, 0.05) is 0 Å². The van der Waals surface area contributed by atoms with Crippen LogP contribution < -0.4 is 0 Å². The number of benzene rings is 1. The molecular weight excluding hydrogens is 303 g/mol. The summed E-state index contributed by atoms with van der Waals surface area (Å²) in [4.78, 5) is 0. The molecule has 1 aliphatic rings. The summed E-state index contributed by atoms with van der Waals surface area (Å²) < 4.78 is 0. The second-order valence-electron chi connectivity index (χ2n) is 6.41. The lowest BCUT2D eigenvalue weighted by Gasteiger charge is -2.45. The van der Waals surface area contributed by atoms with Gasteiger partial charge < -0.3 is 5.11 Å². The number of hydrogen-bond acceptors (Lipinski definition) is 1. The minimum Gasteiger partial charge on any atom is -0.393 e. The van der Waals surface area contributed by atoms with Crippen LogP contribution in [0.25, 0.3) is 0 Å². The van der Waals surface area contributed by atoms with Crippen LogP contribution in [0, 0.1) is 5.92 Å². The summed E-state index contributed by atoms with van der Waals surface area (Å²) >= 11 is 12.4. The minimum absolute atomic E-state index is 0.139. The molecule has 0 aromatic heterocycles. The van der Waals surface area contributed by atoms with E-state index in [1.54, 1.807) is 0 Å². The highest BCUT2D eigenvalue weighted by atomic mass is 35.5. The van der Waals surface area contributed by atoms with Gasteiger partial charge in [-0.15, -0.1) is 0 Å². The summed E-state index contributed by atoms with van der Waals surface area (Å²) in [5, 5.41) is 11.2. The van der Waals surface area contributed by atoms with Gasteiger partial charge in [0.2, 0.25) is 0 Å². The van der Waals surface area contributed by atoms with Crippen LogP contribution >= 0.6 is 23.2 Å². The third-order valence-corrected chi connectivity index (χ3v) is 5.99. The van der Waals surface area contributed by atoms with Crippen molar-refractivity contribution in [1.82, 2.24) is 0 Å². The van der Waals surface area contributed by atoms with Crippen LogP contribution in [0.5, 0.6) is 0 Å². The largest absolute Gasteiger partial charge is 0.393 e. The Morgan fingerprint density at radius 2 is 1.86 bits per heavy atom. The predicted molar refractivity (Wildman–Crippen MR) is 91.3 cm³/mol. The molecule has 0 spiro atoms. The normalized spacial score (nSPS) is 27.6. The first kappa shape index (κ1) is 17.1. The average molecular weight is 329 g/mol. The molecule has 1 nitrogen and oxygen atoms in total. The fourth-order valence-electron chi connectivity index (χ4n) is 4.08. The number of hydrogen-bond donors (Lipinski definition) is 1. The Labute approximate surface area is 138 Å². The van der Waals surface area contributed by atoms with E-state index in [1.807, 2.05) is 6.07 Å². The van der Waals surface area contributed by atoms with E-state index in [0.717, 1.165) is 25.7 Å². The molecule has 0 aliphatic heterocycles. The molecule has 1 aromatic rings. The van der Waals surface area contributed by atoms with E-state index in [0.29, 0.717) is 16.0 Å². The van der Waals surface area contributed by atoms with Crippen molar-refractivity contribution in [3.8, 4) is 0 Å². The van der Waals surface area contributed by atoms with E-state index in [4.69, 9.17) is 23.2 Å². The summed E-state index contributed by atoms with van der Waals surface area (Å²) in [6.07, 6.45) is 7.33. The van der Waals surface area contributed by atoms with Crippen LogP contribution in [0.2, 0.25) is 10.0 Å². The molecular formula is C18H26Cl2O. The topological polar surface area (TPSA) is 20.2 Å². The SMILES string of the molecule is CCCC(CC)[C@]1(c2ccc(Cl)c(Cl)c2)CC[C@H](O)CC1. The molecule has 0 radical (unpaired) electrons. The number of halogens is 2. The molecule has 118 valence electrons. The fourth-order valence-corrected chi connectivity index (χ4v) is 4.37. The Kier molecular flexibility index (Phi) is 5.99. The zero-order chi connectivity index (χ0) is 15.5. The van der Waals surface area contributed by atoms with Crippen LogP contribution in [-0.4, -0.2) is 11.2 Å². The standard InChI is InChI=1S/C18H26Cl2O/c1-3-5-13(4-2)18(10-8-15(21)9-11-18)14-6-7-16(19)17(20)12-14/h6-7,12-13,15,21H,3-5,8-11H2,1-2H3/t13?,15-,18-. The Morgan fingerprint density at radius 1 is 1.19 bits per heavy atom. The lowest BCUT2D eigenvalue weighted by molar-refractivity contribution is 0.0668. The summed E-state index contributed by atoms with van der Waals surface area (Å²) in [5.41, 5.74) is 1.46. The molecule has 1 aromatic carbocycles. The first-order chi connectivity index (χ1) is 10.0. The Balaban J connectivity index is 2.41. The number of rotatable bonds is 5. The van der Waals surface area contributed by atoms with Crippen LogP contribution in [0.3, 0.4) is 0 Å². The molecule has 1 unspecified atom stereocenters. The maximum absolute atomic E-state index is 9.92. The zero-order valence-electron chi connectivity index (χ0n) is 13.0. The van der Waals surface area contributed by atoms with Crippen molar-refractivity contribution < 1.29 is 5.11 Å². The molecule has 1 fully saturated rings. The molecule has 1 saturated carbocycles. The van der Waals surface area contributed by atoms with Gasteiger partial charge in [-0.25, -0.2) is 0 Å². The van der Waals surface area contributed by atoms with Crippen LogP contribution in [0.4, 0.5) is 0 Å². The third kappa shape index (κ3) is 3.57. The van der Waals surface area contributed by atoms with Crippen molar-refractivity contribution in [3.63, 3.8) is 0 Å². The predicted octanol–water partition coefficient (Wildman–Crippen LogP) is 5.99. The highest BCUT2D eigenvalue weighted by Gasteiger charge is 2.41. The summed E-state index contributed by atoms with van der Waals surface area (Å²) in [7, 11) is 0. The highest BCUT2D eigenvalue weighted by Crippen LogP contribution is 2.49. The van der Waals surface area contributed by atoms with Gasteiger partial charge in [0.25, 0.3) is 0 Å². The van der Waals surface area contributed by atoms with Gasteiger partial charge in [-0.05, 0) is 61.1 Å². The van der Waals surface area contributed by atoms with E-state index in [9.17, 15) is 5.11 Å². The van der Waals surface area contributed by atoms with Gasteiger partial charge in [-0.2, -0.15) is 0 Å². The monoisotopic (exact) mass is 328 g/mol. The van der Waals surface area contributed by atoms with Crippen LogP contribution in [-0.2, 0) is 5.41 Å². The Bertz CT molecular complexity index is 464. The van der Waals surface area contributed by atoms with Crippen molar-refractivity contribution in [2.24, 2.45) is 5.92 Å². The first-order valence-electron chi connectivity index (χ1n) is 8.17. The molecule has 0 bridgehead atoms. The smallest absolute Gasteiger partial charge is 0.0595 e. The third-order valence-electron chi connectivity index (χ3n) is 5.25. The lowest BCUT2D eigenvalue weighted by atomic mass is 9.60. The van der Waals surface area contributed by atoms with Gasteiger partial charge >= 0.3 is 0 Å². The molecule has 21 heavy (non-hydrogen) atoms. The second kappa shape index (κ2) is 7.35. The van der Waals surface area contributed by atoms with Gasteiger partial charge in [0.05, 0.1) is 16.1 Å². The Morgan fingerprint density at radius 3 is 2.38 bits per heavy atom. The molecule has 0 amide bonds. The van der Waals surface area contributed by atoms with Crippen molar-refractivity contribution >= 4 is 23.2 Å². The average Bonchev–Trinajstić information content (AvgIpc) is 2.49. The Hall–Kier alpha value is -0.240. The second-order valence-corrected chi connectivity index (χ2v) is 7.22. The van der Waals surface area contributed by atoms with Crippen molar-refractivity contribution in [3.05, 3.63) is 33.8 Å². The van der Waals surface area contributed by atoms with Crippen molar-refractivity contribution in [1.29, 1.82) is 0 Å². The van der Waals surface area contributed by atoms with Crippen molar-refractivity contribution in [2.45, 2.75) is 70.3 Å². The van der Waals surface area contributed by atoms with Gasteiger partial charge in [0.1, 0.15) is 0 Å². The zero-order valence-corrected chi connectivity index (χ0v) is 14.6. The number of aliphatic hydroxyl groups is 1. The van der Waals surface area contributed by atoms with Gasteiger partial charge in [0.15, 0.2) is 0 Å². The molecule has 1 N–H and O–H groups in total. The van der Waals surface area contributed by atoms with E-state index in [2.05, 4.69) is 26.0 Å².